The maximum absolute atomic E-state index is 11.7. The molecule has 0 radical (unpaired) electrons. The molecule has 59 heavy (non-hydrogen) atoms. The maximum atomic E-state index is 11.7. The number of phenols is 1. The predicted molar refractivity (Wildman–Crippen MR) is 249 cm³/mol. The van der Waals surface area contributed by atoms with Gasteiger partial charge in [-0.3, -0.25) is 9.55 Å². The van der Waals surface area contributed by atoms with Gasteiger partial charge in [-0.05, 0) is 133 Å². The molecular weight excluding hydrogens is 719 g/mol. The van der Waals surface area contributed by atoms with Gasteiger partial charge in [0.25, 0.3) is 0 Å². The monoisotopic (exact) mass is 769 g/mol. The molecule has 1 N–H and O–H groups in total. The van der Waals surface area contributed by atoms with Crippen LogP contribution in [0.3, 0.4) is 0 Å². The number of benzene rings is 7. The highest BCUT2D eigenvalue weighted by atomic mass is 16.3. The molecule has 9 rings (SSSR count). The molecule has 2 aromatic heterocycles. The van der Waals surface area contributed by atoms with E-state index in [0.717, 1.165) is 66.6 Å². The molecule has 0 spiro atoms. The van der Waals surface area contributed by atoms with Gasteiger partial charge in [0.2, 0.25) is 0 Å². The Morgan fingerprint density at radius 3 is 1.90 bits per heavy atom. The highest BCUT2D eigenvalue weighted by Gasteiger charge is 2.25. The number of pyridine rings is 1. The fourth-order valence-corrected chi connectivity index (χ4v) is 8.29. The van der Waals surface area contributed by atoms with Crippen molar-refractivity contribution in [1.29, 1.82) is 0 Å². The predicted octanol–water partition coefficient (Wildman–Crippen LogP) is 14.8. The summed E-state index contributed by atoms with van der Waals surface area (Å²) in [5.74, 6) is 1.26. The van der Waals surface area contributed by atoms with Gasteiger partial charge >= 0.3 is 0 Å². The zero-order valence-electron chi connectivity index (χ0n) is 35.3. The van der Waals surface area contributed by atoms with Gasteiger partial charge in [-0.1, -0.05) is 134 Å². The van der Waals surface area contributed by atoms with E-state index >= 15 is 0 Å². The van der Waals surface area contributed by atoms with Crippen molar-refractivity contribution in [3.05, 3.63) is 168 Å². The molecule has 0 aliphatic rings. The molecule has 0 unspecified atom stereocenters. The summed E-state index contributed by atoms with van der Waals surface area (Å²) in [6.07, 6.45) is 1.88. The summed E-state index contributed by atoms with van der Waals surface area (Å²) in [5, 5.41) is 15.2. The van der Waals surface area contributed by atoms with Crippen molar-refractivity contribution in [3.8, 4) is 56.2 Å². The third kappa shape index (κ3) is 7.07. The van der Waals surface area contributed by atoms with E-state index in [1.807, 2.05) is 24.4 Å². The first-order valence-electron chi connectivity index (χ1n) is 20.7. The van der Waals surface area contributed by atoms with Crippen LogP contribution in [0, 0.1) is 0 Å². The second kappa shape index (κ2) is 14.4. The molecule has 0 fully saturated rings. The molecule has 9 aromatic rings. The lowest BCUT2D eigenvalue weighted by atomic mass is 9.86. The summed E-state index contributed by atoms with van der Waals surface area (Å²) in [4.78, 5) is 10.4. The van der Waals surface area contributed by atoms with Gasteiger partial charge in [0, 0.05) is 28.4 Å². The topological polar surface area (TPSA) is 50.9 Å². The van der Waals surface area contributed by atoms with Crippen molar-refractivity contribution in [2.75, 3.05) is 0 Å². The number of aromatic nitrogens is 3. The van der Waals surface area contributed by atoms with Crippen LogP contribution in [0.2, 0.25) is 0 Å². The number of phenolic OH excluding ortho intramolecular Hbond substituents is 1. The first kappa shape index (κ1) is 38.0. The number of fused-ring (bicyclic) bond motifs is 3. The van der Waals surface area contributed by atoms with Crippen LogP contribution in [0.4, 0.5) is 0 Å². The van der Waals surface area contributed by atoms with Crippen LogP contribution in [-0.2, 0) is 10.8 Å². The number of imidazole rings is 1. The third-order valence-electron chi connectivity index (χ3n) is 11.8. The second-order valence-corrected chi connectivity index (χ2v) is 18.4. The SMILES string of the molecule is CC(C)c1cc(-c2cccc(-c3cc(-c4ccc5ccccc5c4)cc4c3nc(-c3cc(C(C)(C)C)ccc3O)n4-c3ccc(C(C)(C)C)cc3)c2)c2ncccc2c1. The van der Waals surface area contributed by atoms with E-state index in [-0.39, 0.29) is 16.6 Å². The molecule has 0 bridgehead atoms. The quantitative estimate of drug-likeness (QED) is 0.183. The molecule has 4 nitrogen and oxygen atoms in total. The summed E-state index contributed by atoms with van der Waals surface area (Å²) >= 11 is 0. The first-order valence-corrected chi connectivity index (χ1v) is 20.7. The lowest BCUT2D eigenvalue weighted by molar-refractivity contribution is 0.475. The van der Waals surface area contributed by atoms with Crippen molar-refractivity contribution in [1.82, 2.24) is 14.5 Å². The van der Waals surface area contributed by atoms with E-state index in [9.17, 15) is 5.11 Å². The molecule has 0 aliphatic carbocycles. The summed E-state index contributed by atoms with van der Waals surface area (Å²) in [6, 6.07) is 52.1. The van der Waals surface area contributed by atoms with Crippen LogP contribution in [-0.4, -0.2) is 19.6 Å². The van der Waals surface area contributed by atoms with Crippen LogP contribution in [0.1, 0.15) is 78.0 Å². The molecule has 2 heterocycles. The molecule has 0 aliphatic heterocycles. The molecule has 0 saturated heterocycles. The minimum atomic E-state index is -0.131. The highest BCUT2D eigenvalue weighted by Crippen LogP contribution is 2.43. The Bertz CT molecular complexity index is 3050. The van der Waals surface area contributed by atoms with Crippen molar-refractivity contribution in [2.24, 2.45) is 0 Å². The first-order chi connectivity index (χ1) is 28.2. The van der Waals surface area contributed by atoms with Gasteiger partial charge in [-0.2, -0.15) is 0 Å². The average Bonchev–Trinajstić information content (AvgIpc) is 3.61. The Morgan fingerprint density at radius 2 is 1.19 bits per heavy atom. The largest absolute Gasteiger partial charge is 0.507 e. The Labute approximate surface area is 347 Å². The number of hydrogen-bond acceptors (Lipinski definition) is 3. The number of nitrogens with zero attached hydrogens (tertiary/aromatic N) is 3. The standard InChI is InChI=1S/C55H51N3O/c1-34(2)41-29-40-17-12-26-56-51(40)46(30-41)38-15-11-16-39(28-38)47-31-42(37-19-18-35-13-9-10-14-36(35)27-37)32-49-52(47)57-53(48-33-44(55(6,7)8)22-25-50(48)59)58(49)45-23-20-43(21-24-45)54(3,4)5/h9-34,59H,1-8H3. The molecular formula is C55H51N3O. The minimum absolute atomic E-state index is 0.00531. The lowest BCUT2D eigenvalue weighted by Crippen LogP contribution is -2.11. The van der Waals surface area contributed by atoms with Crippen LogP contribution < -0.4 is 0 Å². The summed E-state index contributed by atoms with van der Waals surface area (Å²) in [7, 11) is 0. The van der Waals surface area contributed by atoms with Crippen molar-refractivity contribution in [3.63, 3.8) is 0 Å². The van der Waals surface area contributed by atoms with Crippen molar-refractivity contribution >= 4 is 32.7 Å². The summed E-state index contributed by atoms with van der Waals surface area (Å²) in [6.45, 7) is 17.8. The minimum Gasteiger partial charge on any atom is -0.507 e. The number of hydrogen-bond donors (Lipinski definition) is 1. The van der Waals surface area contributed by atoms with Gasteiger partial charge in [0.15, 0.2) is 0 Å². The van der Waals surface area contributed by atoms with Gasteiger partial charge in [0.05, 0.1) is 22.1 Å². The fraction of sp³-hybridized carbons (Fsp3) is 0.200. The Hall–Kier alpha value is -6.52. The van der Waals surface area contributed by atoms with Gasteiger partial charge in [-0.25, -0.2) is 4.98 Å². The summed E-state index contributed by atoms with van der Waals surface area (Å²) in [5.41, 5.74) is 14.5. The zero-order chi connectivity index (χ0) is 41.2. The normalized spacial score (nSPS) is 12.3. The van der Waals surface area contributed by atoms with E-state index in [1.54, 1.807) is 0 Å². The average molecular weight is 770 g/mol. The number of rotatable bonds is 6. The van der Waals surface area contributed by atoms with E-state index in [2.05, 4.69) is 187 Å². The molecule has 7 aromatic carbocycles. The lowest BCUT2D eigenvalue weighted by Gasteiger charge is -2.21. The van der Waals surface area contributed by atoms with Crippen molar-refractivity contribution < 1.29 is 5.11 Å². The van der Waals surface area contributed by atoms with Crippen molar-refractivity contribution in [2.45, 2.75) is 72.1 Å². The van der Waals surface area contributed by atoms with Crippen LogP contribution in [0.25, 0.3) is 83.2 Å². The third-order valence-corrected chi connectivity index (χ3v) is 11.8. The summed E-state index contributed by atoms with van der Waals surface area (Å²) < 4.78 is 2.24. The zero-order valence-corrected chi connectivity index (χ0v) is 35.3. The van der Waals surface area contributed by atoms with Crippen LogP contribution in [0.5, 0.6) is 5.75 Å². The molecule has 4 heteroatoms. The molecule has 0 amide bonds. The molecule has 292 valence electrons. The van der Waals surface area contributed by atoms with Gasteiger partial charge < -0.3 is 5.11 Å². The van der Waals surface area contributed by atoms with E-state index < -0.39 is 0 Å². The van der Waals surface area contributed by atoms with Gasteiger partial charge in [0.1, 0.15) is 11.6 Å². The maximum Gasteiger partial charge on any atom is 0.149 e. The highest BCUT2D eigenvalue weighted by molar-refractivity contribution is 6.02. The van der Waals surface area contributed by atoms with Crippen LogP contribution in [0.15, 0.2) is 152 Å². The molecule has 0 saturated carbocycles. The second-order valence-electron chi connectivity index (χ2n) is 18.4. The van der Waals surface area contributed by atoms with E-state index in [1.165, 1.54) is 21.9 Å². The fourth-order valence-electron chi connectivity index (χ4n) is 8.29. The number of aromatic hydroxyl groups is 1. The molecule has 0 atom stereocenters. The van der Waals surface area contributed by atoms with E-state index in [0.29, 0.717) is 17.3 Å². The van der Waals surface area contributed by atoms with Gasteiger partial charge in [-0.15, -0.1) is 0 Å². The Morgan fingerprint density at radius 1 is 0.508 bits per heavy atom. The van der Waals surface area contributed by atoms with Crippen LogP contribution >= 0.6 is 0 Å². The Kier molecular flexibility index (Phi) is 9.27. The smallest absolute Gasteiger partial charge is 0.149 e. The Balaban J connectivity index is 1.36. The van der Waals surface area contributed by atoms with E-state index in [4.69, 9.17) is 9.97 Å².